The fourth-order valence-corrected chi connectivity index (χ4v) is 6.08. The number of aromatic nitrogens is 2. The van der Waals surface area contributed by atoms with Crippen LogP contribution in [0.1, 0.15) is 0 Å². The molecule has 35 heavy (non-hydrogen) atoms. The number of hydrogen-bond acceptors (Lipinski definition) is 1. The molecule has 1 aliphatic carbocycles. The van der Waals surface area contributed by atoms with Crippen LogP contribution in [0.2, 0.25) is 0 Å². The molecule has 8 rings (SSSR count). The molecule has 164 valence electrons. The Bertz CT molecular complexity index is 2060. The minimum atomic E-state index is -0.0236. The zero-order chi connectivity index (χ0) is 23.3. The number of para-hydroxylation sites is 1. The fourth-order valence-electron chi connectivity index (χ4n) is 6.08. The lowest BCUT2D eigenvalue weighted by Crippen LogP contribution is -2.24. The fraction of sp³-hybridized carbons (Fsp3) is 0.0312. The van der Waals surface area contributed by atoms with Crippen molar-refractivity contribution in [3.63, 3.8) is 0 Å². The summed E-state index contributed by atoms with van der Waals surface area (Å²) in [5.41, 5.74) is 10.4. The molecule has 2 heterocycles. The van der Waals surface area contributed by atoms with Gasteiger partial charge in [0, 0.05) is 17.8 Å². The van der Waals surface area contributed by atoms with Crippen molar-refractivity contribution in [1.29, 1.82) is 0 Å². The second kappa shape index (κ2) is 6.49. The van der Waals surface area contributed by atoms with E-state index in [1.165, 1.54) is 38.6 Å². The van der Waals surface area contributed by atoms with Gasteiger partial charge < -0.3 is 0 Å². The molecule has 0 aliphatic heterocycles. The van der Waals surface area contributed by atoms with Crippen LogP contribution in [0.25, 0.3) is 71.5 Å². The van der Waals surface area contributed by atoms with Crippen LogP contribution in [0.4, 0.5) is 0 Å². The van der Waals surface area contributed by atoms with E-state index in [1.807, 2.05) is 29.6 Å². The van der Waals surface area contributed by atoms with Crippen LogP contribution < -0.4 is 5.69 Å². The van der Waals surface area contributed by atoms with Crippen LogP contribution in [-0.4, -0.2) is 8.97 Å². The second-order valence-electron chi connectivity index (χ2n) is 9.43. The van der Waals surface area contributed by atoms with Gasteiger partial charge in [-0.25, -0.2) is 4.79 Å². The van der Waals surface area contributed by atoms with Gasteiger partial charge in [-0.2, -0.15) is 0 Å². The van der Waals surface area contributed by atoms with Crippen molar-refractivity contribution in [3.8, 4) is 33.4 Å². The quantitative estimate of drug-likeness (QED) is 0.257. The molecule has 0 fully saturated rings. The monoisotopic (exact) mass is 448 g/mol. The third-order valence-corrected chi connectivity index (χ3v) is 7.68. The molecule has 0 N–H and O–H groups in total. The first-order chi connectivity index (χ1) is 17.2. The van der Waals surface area contributed by atoms with Crippen molar-refractivity contribution in [2.45, 2.75) is 0 Å². The molecular formula is C32H20N2O. The molecule has 3 heteroatoms. The maximum Gasteiger partial charge on any atom is 0.333 e. The van der Waals surface area contributed by atoms with E-state index in [1.54, 1.807) is 4.57 Å². The summed E-state index contributed by atoms with van der Waals surface area (Å²) in [4.78, 5) is 13.3. The normalized spacial score (nSPS) is 12.3. The lowest BCUT2D eigenvalue weighted by Gasteiger charge is -2.10. The second-order valence-corrected chi connectivity index (χ2v) is 9.43. The minimum absolute atomic E-state index is 0.0236. The standard InChI is InChI=1S/C32H20N2O/c1-33-29-12-5-4-9-27(29)30-18-20-17-19(13-16-28(20)34(30)32(33)35)21-14-15-26-23-8-3-2-7-22(23)25-11-6-10-24(21)31(25)26/h2-18H,1H3. The average Bonchev–Trinajstić information content (AvgIpc) is 3.45. The number of nitrogens with zero attached hydrogens (tertiary/aromatic N) is 2. The molecule has 3 nitrogen and oxygen atoms in total. The van der Waals surface area contributed by atoms with Crippen LogP contribution >= 0.6 is 0 Å². The number of benzene rings is 5. The highest BCUT2D eigenvalue weighted by Crippen LogP contribution is 2.49. The predicted molar refractivity (Wildman–Crippen MR) is 145 cm³/mol. The van der Waals surface area contributed by atoms with Crippen molar-refractivity contribution in [3.05, 3.63) is 114 Å². The molecule has 0 radical (unpaired) electrons. The van der Waals surface area contributed by atoms with Crippen molar-refractivity contribution in [1.82, 2.24) is 8.97 Å². The van der Waals surface area contributed by atoms with Crippen LogP contribution in [0, 0.1) is 0 Å². The Kier molecular flexibility index (Phi) is 3.48. The summed E-state index contributed by atoms with van der Waals surface area (Å²) in [5, 5.41) is 4.74. The van der Waals surface area contributed by atoms with Gasteiger partial charge in [0.05, 0.1) is 16.6 Å². The van der Waals surface area contributed by atoms with Crippen LogP contribution in [0.15, 0.2) is 108 Å². The zero-order valence-electron chi connectivity index (χ0n) is 19.1. The number of aryl methyl sites for hydroxylation is 1. The first kappa shape index (κ1) is 18.8. The van der Waals surface area contributed by atoms with E-state index in [4.69, 9.17) is 0 Å². The Hall–Kier alpha value is -4.63. The molecule has 0 spiro atoms. The number of fused-ring (bicyclic) bond motifs is 8. The van der Waals surface area contributed by atoms with Gasteiger partial charge >= 0.3 is 5.69 Å². The third kappa shape index (κ3) is 2.32. The maximum absolute atomic E-state index is 13.3. The number of rotatable bonds is 1. The smallest absolute Gasteiger partial charge is 0.296 e. The van der Waals surface area contributed by atoms with Crippen molar-refractivity contribution in [2.75, 3.05) is 0 Å². The van der Waals surface area contributed by atoms with E-state index < -0.39 is 0 Å². The SMILES string of the molecule is Cn1c(=O)n2c3ccc(-c4ccc5c6c(cccc46)-c4ccccc4-5)cc3cc2c2ccccc21. The summed E-state index contributed by atoms with van der Waals surface area (Å²) in [6.07, 6.45) is 0. The summed E-state index contributed by atoms with van der Waals surface area (Å²) >= 11 is 0. The lowest BCUT2D eigenvalue weighted by atomic mass is 9.94. The summed E-state index contributed by atoms with van der Waals surface area (Å²) in [6, 6.07) is 36.5. The molecule has 1 aliphatic rings. The van der Waals surface area contributed by atoms with Crippen LogP contribution in [0.5, 0.6) is 0 Å². The Labute approximate surface area is 201 Å². The van der Waals surface area contributed by atoms with Gasteiger partial charge in [0.15, 0.2) is 0 Å². The van der Waals surface area contributed by atoms with Gasteiger partial charge in [0.25, 0.3) is 0 Å². The first-order valence-corrected chi connectivity index (χ1v) is 11.9. The van der Waals surface area contributed by atoms with Crippen LogP contribution in [0.3, 0.4) is 0 Å². The third-order valence-electron chi connectivity index (χ3n) is 7.68. The molecule has 0 saturated heterocycles. The molecule has 7 aromatic rings. The molecule has 0 amide bonds. The summed E-state index contributed by atoms with van der Waals surface area (Å²) in [6.45, 7) is 0. The summed E-state index contributed by atoms with van der Waals surface area (Å²) < 4.78 is 3.57. The Morgan fingerprint density at radius 3 is 2.09 bits per heavy atom. The summed E-state index contributed by atoms with van der Waals surface area (Å²) in [5.74, 6) is 0. The highest BCUT2D eigenvalue weighted by molar-refractivity contribution is 6.18. The largest absolute Gasteiger partial charge is 0.333 e. The zero-order valence-corrected chi connectivity index (χ0v) is 19.1. The topological polar surface area (TPSA) is 26.4 Å². The van der Waals surface area contributed by atoms with Gasteiger partial charge in [-0.3, -0.25) is 8.97 Å². The number of hydrogen-bond donors (Lipinski definition) is 0. The molecule has 0 atom stereocenters. The molecule has 5 aromatic carbocycles. The lowest BCUT2D eigenvalue weighted by molar-refractivity contribution is 0.838. The molecule has 2 aromatic heterocycles. The van der Waals surface area contributed by atoms with Crippen molar-refractivity contribution < 1.29 is 0 Å². The van der Waals surface area contributed by atoms with E-state index in [2.05, 4.69) is 84.9 Å². The first-order valence-electron chi connectivity index (χ1n) is 11.9. The van der Waals surface area contributed by atoms with Gasteiger partial charge in [-0.05, 0) is 68.4 Å². The molecule has 0 bridgehead atoms. The van der Waals surface area contributed by atoms with E-state index in [-0.39, 0.29) is 5.69 Å². The highest BCUT2D eigenvalue weighted by atomic mass is 16.1. The van der Waals surface area contributed by atoms with Gasteiger partial charge in [-0.15, -0.1) is 0 Å². The maximum atomic E-state index is 13.3. The molecule has 0 unspecified atom stereocenters. The molecule has 0 saturated carbocycles. The van der Waals surface area contributed by atoms with Gasteiger partial charge in [0.2, 0.25) is 0 Å². The van der Waals surface area contributed by atoms with E-state index in [9.17, 15) is 4.79 Å². The van der Waals surface area contributed by atoms with E-state index in [0.29, 0.717) is 0 Å². The van der Waals surface area contributed by atoms with Crippen molar-refractivity contribution >= 4 is 38.1 Å². The Morgan fingerprint density at radius 1 is 0.543 bits per heavy atom. The predicted octanol–water partition coefficient (Wildman–Crippen LogP) is 7.41. The van der Waals surface area contributed by atoms with Crippen molar-refractivity contribution in [2.24, 2.45) is 7.05 Å². The van der Waals surface area contributed by atoms with Gasteiger partial charge in [0.1, 0.15) is 0 Å². The molecular weight excluding hydrogens is 428 g/mol. The van der Waals surface area contributed by atoms with Gasteiger partial charge in [-0.1, -0.05) is 78.9 Å². The van der Waals surface area contributed by atoms with E-state index in [0.717, 1.165) is 32.9 Å². The Balaban J connectivity index is 1.42. The summed E-state index contributed by atoms with van der Waals surface area (Å²) in [7, 11) is 1.84. The minimum Gasteiger partial charge on any atom is -0.296 e. The average molecular weight is 449 g/mol. The highest BCUT2D eigenvalue weighted by Gasteiger charge is 2.22. The Morgan fingerprint density at radius 2 is 1.23 bits per heavy atom. The van der Waals surface area contributed by atoms with E-state index >= 15 is 0 Å². The van der Waals surface area contributed by atoms with Crippen LogP contribution in [-0.2, 0) is 7.05 Å².